The molecule has 10 nitrogen and oxygen atoms in total. The van der Waals surface area contributed by atoms with E-state index in [1.54, 1.807) is 23.6 Å². The van der Waals surface area contributed by atoms with Gasteiger partial charge in [-0.1, -0.05) is 24.6 Å². The van der Waals surface area contributed by atoms with E-state index in [0.717, 1.165) is 17.5 Å². The Morgan fingerprint density at radius 1 is 1.15 bits per heavy atom. The van der Waals surface area contributed by atoms with Crippen molar-refractivity contribution in [1.82, 2.24) is 23.9 Å². The third kappa shape index (κ3) is 6.07. The predicted octanol–water partition coefficient (Wildman–Crippen LogP) is 4.25. The second-order valence-electron chi connectivity index (χ2n) is 9.57. The second kappa shape index (κ2) is 12.5. The maximum Gasteiger partial charge on any atom is 0.277 e. The van der Waals surface area contributed by atoms with Gasteiger partial charge in [0.2, 0.25) is 10.0 Å². The summed E-state index contributed by atoms with van der Waals surface area (Å²) >= 11 is 6.12. The van der Waals surface area contributed by atoms with Gasteiger partial charge in [-0.15, -0.1) is 5.10 Å². The molecule has 4 aromatic rings. The lowest BCUT2D eigenvalue weighted by Crippen LogP contribution is -2.33. The predicted molar refractivity (Wildman–Crippen MR) is 156 cm³/mol. The molecular weight excluding hydrogens is 552 g/mol. The van der Waals surface area contributed by atoms with E-state index >= 15 is 0 Å². The molecule has 0 fully saturated rings. The van der Waals surface area contributed by atoms with Crippen molar-refractivity contribution < 1.29 is 13.2 Å². The molecule has 12 heteroatoms. The van der Waals surface area contributed by atoms with Gasteiger partial charge < -0.3 is 15.5 Å². The van der Waals surface area contributed by atoms with Crippen molar-refractivity contribution in [2.45, 2.75) is 58.4 Å². The smallest absolute Gasteiger partial charge is 0.277 e. The molecule has 3 N–H and O–H groups in total. The molecule has 0 amide bonds. The van der Waals surface area contributed by atoms with Gasteiger partial charge in [0.15, 0.2) is 11.3 Å². The lowest BCUT2D eigenvalue weighted by Gasteiger charge is -2.24. The number of halogens is 1. The quantitative estimate of drug-likeness (QED) is 0.253. The summed E-state index contributed by atoms with van der Waals surface area (Å²) in [5, 5.41) is 5.26. The summed E-state index contributed by atoms with van der Waals surface area (Å²) in [6, 6.07) is 9.98. The van der Waals surface area contributed by atoms with Crippen LogP contribution in [-0.4, -0.2) is 52.0 Å². The number of imidazole rings is 1. The fourth-order valence-corrected chi connectivity index (χ4v) is 6.32. The number of sulfonamides is 1. The average Bonchev–Trinajstić information content (AvgIpc) is 3.23. The van der Waals surface area contributed by atoms with Crippen molar-refractivity contribution >= 4 is 27.1 Å². The number of nitrogens with zero attached hydrogens (tertiary/aromatic N) is 4. The summed E-state index contributed by atoms with van der Waals surface area (Å²) in [6.45, 7) is 8.59. The van der Waals surface area contributed by atoms with Crippen molar-refractivity contribution in [3.8, 4) is 17.1 Å². The summed E-state index contributed by atoms with van der Waals surface area (Å²) in [7, 11) is -3.98. The number of benzene rings is 2. The first-order valence-corrected chi connectivity index (χ1v) is 15.1. The fraction of sp³-hybridized carbons (Fsp3) is 0.393. The minimum absolute atomic E-state index is 0.0490. The zero-order valence-electron chi connectivity index (χ0n) is 23.2. The molecular formula is C28H35ClN6O4S. The summed E-state index contributed by atoms with van der Waals surface area (Å²) in [6.07, 6.45) is 1.95. The number of H-pyrrole nitrogens is 1. The van der Waals surface area contributed by atoms with Crippen LogP contribution >= 0.6 is 11.6 Å². The number of ether oxygens (including phenoxy) is 1. The summed E-state index contributed by atoms with van der Waals surface area (Å²) < 4.78 is 36.8. The van der Waals surface area contributed by atoms with Crippen LogP contribution < -0.4 is 16.0 Å². The van der Waals surface area contributed by atoms with Gasteiger partial charge in [-0.3, -0.25) is 4.79 Å². The molecule has 0 spiro atoms. The molecule has 214 valence electrons. The van der Waals surface area contributed by atoms with Gasteiger partial charge in [-0.05, 0) is 81.6 Å². The first-order valence-electron chi connectivity index (χ1n) is 13.3. The van der Waals surface area contributed by atoms with Gasteiger partial charge >= 0.3 is 0 Å². The third-order valence-corrected chi connectivity index (χ3v) is 8.70. The zero-order chi connectivity index (χ0) is 29.0. The van der Waals surface area contributed by atoms with Crippen LogP contribution in [0, 0.1) is 13.8 Å². The minimum atomic E-state index is -3.98. The Hall–Kier alpha value is -3.25. The van der Waals surface area contributed by atoms with Gasteiger partial charge in [0.05, 0.1) is 22.8 Å². The lowest BCUT2D eigenvalue weighted by molar-refractivity contribution is 0.341. The van der Waals surface area contributed by atoms with Crippen molar-refractivity contribution in [3.05, 3.63) is 74.4 Å². The number of nitrogens with one attached hydrogen (secondary N) is 1. The number of aryl methyl sites for hydroxylation is 3. The molecule has 0 unspecified atom stereocenters. The number of aromatic amines is 1. The van der Waals surface area contributed by atoms with Crippen LogP contribution in [0.2, 0.25) is 5.02 Å². The molecule has 4 rings (SSSR count). The number of rotatable bonds is 12. The minimum Gasteiger partial charge on any atom is -0.493 e. The Morgan fingerprint density at radius 2 is 1.93 bits per heavy atom. The molecule has 0 radical (unpaired) electrons. The first-order chi connectivity index (χ1) is 19.1. The molecule has 40 heavy (non-hydrogen) atoms. The van der Waals surface area contributed by atoms with Crippen LogP contribution in [0.1, 0.15) is 49.3 Å². The van der Waals surface area contributed by atoms with E-state index in [-0.39, 0.29) is 29.4 Å². The Balaban J connectivity index is 1.84. The van der Waals surface area contributed by atoms with Crippen molar-refractivity contribution in [3.63, 3.8) is 0 Å². The van der Waals surface area contributed by atoms with Crippen LogP contribution in [0.3, 0.4) is 0 Å². The molecule has 2 aromatic carbocycles. The van der Waals surface area contributed by atoms with Gasteiger partial charge in [-0.2, -0.15) is 4.31 Å². The Labute approximate surface area is 239 Å². The molecule has 0 aliphatic carbocycles. The number of aromatic nitrogens is 4. The highest BCUT2D eigenvalue weighted by Crippen LogP contribution is 2.32. The Bertz CT molecular complexity index is 1680. The van der Waals surface area contributed by atoms with Crippen LogP contribution in [0.4, 0.5) is 0 Å². The second-order valence-corrected chi connectivity index (χ2v) is 11.9. The van der Waals surface area contributed by atoms with E-state index in [1.165, 1.54) is 16.4 Å². The summed E-state index contributed by atoms with van der Waals surface area (Å²) in [5.74, 6) is 1.25. The molecule has 0 saturated carbocycles. The molecule has 0 atom stereocenters. The number of fused-ring (bicyclic) bond motifs is 1. The maximum atomic E-state index is 14.0. The largest absolute Gasteiger partial charge is 0.493 e. The SMILES string of the molecule is CCCc1nc(C)c2c(=O)[nH]c(-c3cc(S(=O)(=O)N(CCCN)Cc4ccc(Cl)cc4C)ccc3OCC)nn12. The highest BCUT2D eigenvalue weighted by molar-refractivity contribution is 7.89. The van der Waals surface area contributed by atoms with Crippen molar-refractivity contribution in [1.29, 1.82) is 0 Å². The molecule has 0 aliphatic heterocycles. The van der Waals surface area contributed by atoms with Gasteiger partial charge in [0.25, 0.3) is 5.56 Å². The van der Waals surface area contributed by atoms with E-state index in [4.69, 9.17) is 22.1 Å². The molecule has 2 aromatic heterocycles. The molecule has 2 heterocycles. The van der Waals surface area contributed by atoms with E-state index in [0.29, 0.717) is 59.4 Å². The molecule has 0 saturated heterocycles. The summed E-state index contributed by atoms with van der Waals surface area (Å²) in [4.78, 5) is 20.5. The lowest BCUT2D eigenvalue weighted by atomic mass is 10.1. The zero-order valence-corrected chi connectivity index (χ0v) is 24.8. The fourth-order valence-electron chi connectivity index (χ4n) is 4.61. The van der Waals surface area contributed by atoms with Crippen LogP contribution in [-0.2, 0) is 23.0 Å². The maximum absolute atomic E-state index is 14.0. The first kappa shape index (κ1) is 29.7. The van der Waals surface area contributed by atoms with Crippen LogP contribution in [0.25, 0.3) is 16.9 Å². The number of hydrogen-bond donors (Lipinski definition) is 2. The highest BCUT2D eigenvalue weighted by atomic mass is 35.5. The standard InChI is InChI=1S/C28H35ClN6O4S/c1-5-8-25-31-19(4)26-28(36)32-27(33-35(25)26)23-16-22(11-12-24(23)39-6-2)40(37,38)34(14-7-13-30)17-20-9-10-21(29)15-18(20)3/h9-12,15-16H,5-8,13-14,17,30H2,1-4H3,(H,32,33,36). The van der Waals surface area contributed by atoms with E-state index in [1.807, 2.05) is 32.9 Å². The van der Waals surface area contributed by atoms with Gasteiger partial charge in [-0.25, -0.2) is 17.9 Å². The Morgan fingerprint density at radius 3 is 2.60 bits per heavy atom. The summed E-state index contributed by atoms with van der Waals surface area (Å²) in [5.41, 5.74) is 8.41. The monoisotopic (exact) mass is 586 g/mol. The van der Waals surface area contributed by atoms with Crippen molar-refractivity contribution in [2.75, 3.05) is 19.7 Å². The van der Waals surface area contributed by atoms with E-state index in [2.05, 4.69) is 15.1 Å². The Kier molecular flexibility index (Phi) is 9.29. The van der Waals surface area contributed by atoms with Gasteiger partial charge in [0, 0.05) is 24.5 Å². The van der Waals surface area contributed by atoms with Crippen LogP contribution in [0.5, 0.6) is 5.75 Å². The number of nitrogens with two attached hydrogens (primary N) is 1. The number of hydrogen-bond acceptors (Lipinski definition) is 7. The highest BCUT2D eigenvalue weighted by Gasteiger charge is 2.27. The topological polar surface area (TPSA) is 136 Å². The van der Waals surface area contributed by atoms with E-state index < -0.39 is 10.0 Å². The molecule has 0 aliphatic rings. The average molecular weight is 587 g/mol. The normalized spacial score (nSPS) is 12.0. The van der Waals surface area contributed by atoms with Gasteiger partial charge in [0.1, 0.15) is 11.6 Å². The van der Waals surface area contributed by atoms with Crippen LogP contribution in [0.15, 0.2) is 46.1 Å². The third-order valence-electron chi connectivity index (χ3n) is 6.62. The van der Waals surface area contributed by atoms with Crippen molar-refractivity contribution in [2.24, 2.45) is 5.73 Å². The van der Waals surface area contributed by atoms with E-state index in [9.17, 15) is 13.2 Å². The molecule has 0 bridgehead atoms.